The molecule has 0 saturated carbocycles. The second-order valence-electron chi connectivity index (χ2n) is 4.47. The molecule has 112 valence electrons. The van der Waals surface area contributed by atoms with Crippen molar-refractivity contribution in [1.82, 2.24) is 9.55 Å². The van der Waals surface area contributed by atoms with Crippen LogP contribution in [0.25, 0.3) is 0 Å². The average Bonchev–Trinajstić information content (AvgIpc) is 2.61. The Morgan fingerprint density at radius 1 is 1.30 bits per heavy atom. The van der Waals surface area contributed by atoms with Crippen LogP contribution in [0.5, 0.6) is 0 Å². The van der Waals surface area contributed by atoms with Gasteiger partial charge in [-0.1, -0.05) is 0 Å². The van der Waals surface area contributed by atoms with Gasteiger partial charge in [-0.05, 0) is 6.92 Å². The summed E-state index contributed by atoms with van der Waals surface area (Å²) in [7, 11) is -4.82. The van der Waals surface area contributed by atoms with Gasteiger partial charge in [0.15, 0.2) is 12.1 Å². The molecule has 1 aliphatic heterocycles. The molecule has 5 N–H and O–H groups in total. The van der Waals surface area contributed by atoms with Gasteiger partial charge in [0.2, 0.25) is 0 Å². The summed E-state index contributed by atoms with van der Waals surface area (Å²) in [5.41, 5.74) is -1.43. The van der Waals surface area contributed by atoms with Crippen LogP contribution in [-0.2, 0) is 9.30 Å². The molecule has 2 rings (SSSR count). The van der Waals surface area contributed by atoms with Crippen molar-refractivity contribution in [3.05, 3.63) is 32.6 Å². The van der Waals surface area contributed by atoms with Gasteiger partial charge < -0.3 is 24.7 Å². The van der Waals surface area contributed by atoms with E-state index in [1.807, 2.05) is 4.98 Å². The van der Waals surface area contributed by atoms with Gasteiger partial charge in [-0.3, -0.25) is 18.9 Å². The van der Waals surface area contributed by atoms with Crippen LogP contribution in [0.2, 0.25) is 0 Å². The van der Waals surface area contributed by atoms with E-state index in [4.69, 9.17) is 14.5 Å². The van der Waals surface area contributed by atoms with Gasteiger partial charge in [0.25, 0.3) is 5.56 Å². The first-order chi connectivity index (χ1) is 9.12. The number of ether oxygens (including phenoxy) is 1. The predicted molar refractivity (Wildman–Crippen MR) is 64.0 cm³/mol. The maximum atomic E-state index is 11.6. The first-order valence-electron chi connectivity index (χ1n) is 5.52. The van der Waals surface area contributed by atoms with E-state index >= 15 is 0 Å². The summed E-state index contributed by atoms with van der Waals surface area (Å²) in [5.74, 6) is -1.94. The lowest BCUT2D eigenvalue weighted by atomic mass is 10.2. The van der Waals surface area contributed by atoms with Crippen molar-refractivity contribution in [2.24, 2.45) is 0 Å². The van der Waals surface area contributed by atoms with Crippen LogP contribution >= 0.6 is 7.60 Å². The summed E-state index contributed by atoms with van der Waals surface area (Å²) in [6.07, 6.45) is -4.02. The Hall–Kier alpha value is -1.29. The van der Waals surface area contributed by atoms with Gasteiger partial charge in [0.05, 0.1) is 0 Å². The highest BCUT2D eigenvalue weighted by Gasteiger charge is 2.51. The van der Waals surface area contributed by atoms with Gasteiger partial charge in [-0.25, -0.2) is 4.79 Å². The molecule has 1 fully saturated rings. The Kier molecular flexibility index (Phi) is 3.71. The van der Waals surface area contributed by atoms with Gasteiger partial charge in [0, 0.05) is 11.8 Å². The maximum Gasteiger partial charge on any atom is 0.356 e. The van der Waals surface area contributed by atoms with E-state index in [0.717, 1.165) is 10.8 Å². The Labute approximate surface area is 111 Å². The number of H-pyrrole nitrogens is 1. The van der Waals surface area contributed by atoms with E-state index < -0.39 is 43.1 Å². The van der Waals surface area contributed by atoms with Crippen molar-refractivity contribution in [1.29, 1.82) is 0 Å². The smallest absolute Gasteiger partial charge is 0.356 e. The predicted octanol–water partition coefficient (Wildman–Crippen LogP) is -2.40. The Balaban J connectivity index is 2.45. The van der Waals surface area contributed by atoms with Gasteiger partial charge in [-0.2, -0.15) is 0 Å². The third kappa shape index (κ3) is 2.49. The van der Waals surface area contributed by atoms with E-state index in [-0.39, 0.29) is 5.56 Å². The summed E-state index contributed by atoms with van der Waals surface area (Å²) in [5, 5.41) is 19.3. The van der Waals surface area contributed by atoms with Crippen LogP contribution in [0.3, 0.4) is 0 Å². The van der Waals surface area contributed by atoms with Gasteiger partial charge >= 0.3 is 13.3 Å². The largest absolute Gasteiger partial charge is 0.387 e. The monoisotopic (exact) mass is 308 g/mol. The minimum atomic E-state index is -4.82. The quantitative estimate of drug-likeness (QED) is 0.378. The lowest BCUT2D eigenvalue weighted by molar-refractivity contribution is -0.0282. The minimum absolute atomic E-state index is 0.134. The molecule has 0 unspecified atom stereocenters. The molecule has 2 heterocycles. The Morgan fingerprint density at radius 2 is 1.90 bits per heavy atom. The summed E-state index contributed by atoms with van der Waals surface area (Å²) < 4.78 is 16.8. The van der Waals surface area contributed by atoms with Crippen LogP contribution in [0.15, 0.2) is 15.8 Å². The molecule has 0 bridgehead atoms. The lowest BCUT2D eigenvalue weighted by Crippen LogP contribution is -2.38. The van der Waals surface area contributed by atoms with Crippen LogP contribution in [-0.4, -0.2) is 47.6 Å². The highest BCUT2D eigenvalue weighted by molar-refractivity contribution is 7.52. The Bertz CT molecular complexity index is 675. The van der Waals surface area contributed by atoms with Crippen LogP contribution in [0, 0.1) is 6.92 Å². The van der Waals surface area contributed by atoms with Crippen molar-refractivity contribution >= 4 is 7.60 Å². The minimum Gasteiger partial charge on any atom is -0.387 e. The third-order valence-corrected chi connectivity index (χ3v) is 4.05. The number of hydrogen-bond donors (Lipinski definition) is 5. The number of hydrogen-bond acceptors (Lipinski definition) is 6. The number of aromatic nitrogens is 2. The van der Waals surface area contributed by atoms with E-state index in [1.54, 1.807) is 0 Å². The third-order valence-electron chi connectivity index (χ3n) is 2.96. The lowest BCUT2D eigenvalue weighted by Gasteiger charge is -2.17. The molecule has 0 spiro atoms. The van der Waals surface area contributed by atoms with Gasteiger partial charge in [0.1, 0.15) is 12.2 Å². The number of rotatable bonds is 2. The molecule has 1 aliphatic rings. The standard InChI is InChI=1S/C9H13N2O8P/c1-3-2-11(9(15)10-6(3)14)7-4(12)5(13)8(19-7)20(16,17)18/h2,4-5,7-8,12-13H,1H3,(H,10,14,15)(H2,16,17,18)/t4-,5-,7-,8+/m1/s1. The molecule has 1 saturated heterocycles. The summed E-state index contributed by atoms with van der Waals surface area (Å²) in [6, 6.07) is 0. The zero-order valence-corrected chi connectivity index (χ0v) is 11.1. The highest BCUT2D eigenvalue weighted by atomic mass is 31.2. The summed E-state index contributed by atoms with van der Waals surface area (Å²) >= 11 is 0. The molecular weight excluding hydrogens is 295 g/mol. The molecule has 0 aromatic carbocycles. The van der Waals surface area contributed by atoms with Crippen molar-refractivity contribution in [3.8, 4) is 0 Å². The fraction of sp³-hybridized carbons (Fsp3) is 0.556. The summed E-state index contributed by atoms with van der Waals surface area (Å²) in [4.78, 5) is 42.8. The highest BCUT2D eigenvalue weighted by Crippen LogP contribution is 2.49. The normalized spacial score (nSPS) is 30.6. The number of aliphatic hydroxyl groups is 2. The number of aryl methyl sites for hydroxylation is 1. The number of aliphatic hydroxyl groups excluding tert-OH is 2. The molecular formula is C9H13N2O8P. The second-order valence-corrected chi connectivity index (χ2v) is 6.15. The van der Waals surface area contributed by atoms with E-state index in [9.17, 15) is 24.4 Å². The molecule has 1 aromatic heterocycles. The fourth-order valence-electron chi connectivity index (χ4n) is 1.92. The molecule has 1 aromatic rings. The zero-order valence-electron chi connectivity index (χ0n) is 10.2. The van der Waals surface area contributed by atoms with Crippen LogP contribution < -0.4 is 11.2 Å². The molecule has 0 amide bonds. The van der Waals surface area contributed by atoms with Crippen LogP contribution in [0.4, 0.5) is 0 Å². The maximum absolute atomic E-state index is 11.6. The second kappa shape index (κ2) is 4.92. The summed E-state index contributed by atoms with van der Waals surface area (Å²) in [6.45, 7) is 1.40. The molecule has 20 heavy (non-hydrogen) atoms. The Morgan fingerprint density at radius 3 is 2.40 bits per heavy atom. The molecule has 10 nitrogen and oxygen atoms in total. The van der Waals surface area contributed by atoms with E-state index in [1.165, 1.54) is 6.92 Å². The molecule has 0 radical (unpaired) electrons. The number of nitrogens with one attached hydrogen (secondary N) is 1. The average molecular weight is 308 g/mol. The first kappa shape index (κ1) is 15.1. The first-order valence-corrected chi connectivity index (χ1v) is 7.20. The molecule has 0 aliphatic carbocycles. The van der Waals surface area contributed by atoms with Crippen molar-refractivity contribution in [2.45, 2.75) is 31.2 Å². The molecule has 11 heteroatoms. The topological polar surface area (TPSA) is 162 Å². The molecule has 4 atom stereocenters. The van der Waals surface area contributed by atoms with Gasteiger partial charge in [-0.15, -0.1) is 0 Å². The zero-order chi connectivity index (χ0) is 15.2. The van der Waals surface area contributed by atoms with Crippen molar-refractivity contribution < 1.29 is 29.3 Å². The van der Waals surface area contributed by atoms with E-state index in [0.29, 0.717) is 0 Å². The number of aromatic amines is 1. The fourth-order valence-corrected chi connectivity index (χ4v) is 2.78. The SMILES string of the molecule is Cc1cn([C@@H]2O[C@@H](P(=O)(O)O)[C@H](O)[C@H]2O)c(=O)[nH]c1=O. The van der Waals surface area contributed by atoms with Crippen LogP contribution in [0.1, 0.15) is 11.8 Å². The van der Waals surface area contributed by atoms with E-state index in [2.05, 4.69) is 0 Å². The van der Waals surface area contributed by atoms with Crippen molar-refractivity contribution in [2.75, 3.05) is 0 Å². The number of nitrogens with zero attached hydrogens (tertiary/aromatic N) is 1. The van der Waals surface area contributed by atoms with Crippen molar-refractivity contribution in [3.63, 3.8) is 0 Å².